The minimum Gasteiger partial charge on any atom is -0.350 e. The molecule has 2 aromatic rings. The Balaban J connectivity index is 1.71. The quantitative estimate of drug-likeness (QED) is 0.840. The van der Waals surface area contributed by atoms with E-state index in [2.05, 4.69) is 19.9 Å². The van der Waals surface area contributed by atoms with Crippen molar-refractivity contribution in [3.63, 3.8) is 0 Å². The molecule has 1 aliphatic heterocycles. The molecule has 0 atom stereocenters. The van der Waals surface area contributed by atoms with E-state index in [1.165, 1.54) is 12.4 Å². The highest BCUT2D eigenvalue weighted by molar-refractivity contribution is 5.53. The van der Waals surface area contributed by atoms with Gasteiger partial charge in [-0.15, -0.1) is 0 Å². The number of nitriles is 1. The second kappa shape index (κ2) is 5.92. The van der Waals surface area contributed by atoms with Gasteiger partial charge in [-0.2, -0.15) is 18.4 Å². The molecule has 0 aliphatic carbocycles. The van der Waals surface area contributed by atoms with Crippen molar-refractivity contribution in [2.45, 2.75) is 12.2 Å². The molecule has 0 aromatic carbocycles. The molecular weight excluding hydrogens is 323 g/mol. The molecule has 3 heterocycles. The minimum absolute atomic E-state index is 0.00845. The molecule has 0 N–H and O–H groups in total. The SMILES string of the molecule is CN(c1nccc(C(F)(F)F)n1)C1CN(c2nccnc2C#N)C1. The highest BCUT2D eigenvalue weighted by Gasteiger charge is 2.36. The van der Waals surface area contributed by atoms with Crippen LogP contribution >= 0.6 is 0 Å². The van der Waals surface area contributed by atoms with Crippen LogP contribution in [-0.2, 0) is 6.18 Å². The van der Waals surface area contributed by atoms with Crippen molar-refractivity contribution in [1.82, 2.24) is 19.9 Å². The summed E-state index contributed by atoms with van der Waals surface area (Å²) in [6.45, 7) is 0.979. The van der Waals surface area contributed by atoms with Crippen molar-refractivity contribution >= 4 is 11.8 Å². The van der Waals surface area contributed by atoms with E-state index in [1.54, 1.807) is 11.9 Å². The molecule has 1 aliphatic rings. The summed E-state index contributed by atoms with van der Waals surface area (Å²) in [6, 6.07) is 2.72. The van der Waals surface area contributed by atoms with Crippen LogP contribution in [0.15, 0.2) is 24.7 Å². The first-order chi connectivity index (χ1) is 11.4. The smallest absolute Gasteiger partial charge is 0.350 e. The minimum atomic E-state index is -4.51. The van der Waals surface area contributed by atoms with Gasteiger partial charge in [-0.05, 0) is 6.07 Å². The third-order valence-corrected chi connectivity index (χ3v) is 3.74. The Kier molecular flexibility index (Phi) is 3.92. The van der Waals surface area contributed by atoms with Crippen molar-refractivity contribution < 1.29 is 13.2 Å². The maximum atomic E-state index is 12.7. The lowest BCUT2D eigenvalue weighted by molar-refractivity contribution is -0.141. The molecule has 24 heavy (non-hydrogen) atoms. The van der Waals surface area contributed by atoms with Gasteiger partial charge < -0.3 is 9.80 Å². The Hall–Kier alpha value is -2.96. The first-order valence-corrected chi connectivity index (χ1v) is 6.99. The second-order valence-electron chi connectivity index (χ2n) is 5.25. The lowest BCUT2D eigenvalue weighted by Crippen LogP contribution is -2.59. The zero-order valence-corrected chi connectivity index (χ0v) is 12.6. The van der Waals surface area contributed by atoms with Crippen LogP contribution < -0.4 is 9.80 Å². The van der Waals surface area contributed by atoms with E-state index < -0.39 is 11.9 Å². The van der Waals surface area contributed by atoms with Crippen LogP contribution in [0.2, 0.25) is 0 Å². The summed E-state index contributed by atoms with van der Waals surface area (Å²) in [5.41, 5.74) is -0.759. The lowest BCUT2D eigenvalue weighted by atomic mass is 10.1. The first kappa shape index (κ1) is 15.9. The summed E-state index contributed by atoms with van der Waals surface area (Å²) in [4.78, 5) is 19.0. The first-order valence-electron chi connectivity index (χ1n) is 6.99. The molecule has 0 radical (unpaired) electrons. The van der Waals surface area contributed by atoms with E-state index in [-0.39, 0.29) is 17.7 Å². The van der Waals surface area contributed by atoms with Crippen molar-refractivity contribution in [3.05, 3.63) is 36.0 Å². The number of anilines is 2. The summed E-state index contributed by atoms with van der Waals surface area (Å²) in [6.07, 6.45) is -0.495. The highest BCUT2D eigenvalue weighted by Crippen LogP contribution is 2.29. The van der Waals surface area contributed by atoms with Gasteiger partial charge in [-0.25, -0.2) is 19.9 Å². The Morgan fingerprint density at radius 1 is 1.21 bits per heavy atom. The van der Waals surface area contributed by atoms with Gasteiger partial charge in [-0.1, -0.05) is 0 Å². The van der Waals surface area contributed by atoms with Gasteiger partial charge in [0, 0.05) is 38.7 Å². The molecule has 0 saturated carbocycles. The van der Waals surface area contributed by atoms with Crippen molar-refractivity contribution in [2.75, 3.05) is 29.9 Å². The fraction of sp³-hybridized carbons (Fsp3) is 0.357. The van der Waals surface area contributed by atoms with Crippen LogP contribution in [0.5, 0.6) is 0 Å². The number of alkyl halides is 3. The molecule has 0 spiro atoms. The summed E-state index contributed by atoms with van der Waals surface area (Å²) in [7, 11) is 1.64. The van der Waals surface area contributed by atoms with Crippen molar-refractivity contribution in [1.29, 1.82) is 5.26 Å². The molecule has 10 heteroatoms. The van der Waals surface area contributed by atoms with Crippen LogP contribution in [0.25, 0.3) is 0 Å². The van der Waals surface area contributed by atoms with Gasteiger partial charge in [0.05, 0.1) is 6.04 Å². The number of likely N-dealkylation sites (N-methyl/N-ethyl adjacent to an activating group) is 1. The maximum Gasteiger partial charge on any atom is 0.433 e. The Morgan fingerprint density at radius 2 is 1.92 bits per heavy atom. The standard InChI is InChI=1S/C14H12F3N7/c1-23(13-21-3-2-11(22-13)14(15,16)17)9-7-24(8-9)12-10(6-18)19-4-5-20-12/h2-5,9H,7-8H2,1H3. The van der Waals surface area contributed by atoms with E-state index in [9.17, 15) is 13.2 Å². The molecule has 0 amide bonds. The molecule has 1 fully saturated rings. The van der Waals surface area contributed by atoms with Gasteiger partial charge in [0.15, 0.2) is 11.5 Å². The van der Waals surface area contributed by atoms with E-state index in [4.69, 9.17) is 5.26 Å². The summed E-state index contributed by atoms with van der Waals surface area (Å²) >= 11 is 0. The van der Waals surface area contributed by atoms with E-state index in [0.29, 0.717) is 18.9 Å². The number of hydrogen-bond donors (Lipinski definition) is 0. The number of hydrogen-bond acceptors (Lipinski definition) is 7. The van der Waals surface area contributed by atoms with E-state index >= 15 is 0 Å². The second-order valence-corrected chi connectivity index (χ2v) is 5.25. The number of aromatic nitrogens is 4. The fourth-order valence-electron chi connectivity index (χ4n) is 2.35. The van der Waals surface area contributed by atoms with E-state index in [1.807, 2.05) is 11.0 Å². The van der Waals surface area contributed by atoms with Gasteiger partial charge in [0.25, 0.3) is 0 Å². The molecule has 7 nitrogen and oxygen atoms in total. The number of rotatable bonds is 3. The Bertz CT molecular complexity index is 780. The lowest BCUT2D eigenvalue weighted by Gasteiger charge is -2.44. The van der Waals surface area contributed by atoms with Crippen LogP contribution in [0.1, 0.15) is 11.4 Å². The molecule has 0 bridgehead atoms. The predicted molar refractivity (Wildman–Crippen MR) is 78.2 cm³/mol. The summed E-state index contributed by atoms with van der Waals surface area (Å²) < 4.78 is 38.2. The average Bonchev–Trinajstić information content (AvgIpc) is 2.53. The van der Waals surface area contributed by atoms with Crippen molar-refractivity contribution in [2.24, 2.45) is 0 Å². The third-order valence-electron chi connectivity index (χ3n) is 3.74. The summed E-state index contributed by atoms with van der Waals surface area (Å²) in [5.74, 6) is 0.476. The molecule has 0 unspecified atom stereocenters. The summed E-state index contributed by atoms with van der Waals surface area (Å²) in [5, 5.41) is 9.03. The molecular formula is C14H12F3N7. The molecule has 3 rings (SSSR count). The van der Waals surface area contributed by atoms with Gasteiger partial charge in [-0.3, -0.25) is 0 Å². The number of nitrogens with zero attached hydrogens (tertiary/aromatic N) is 7. The average molecular weight is 335 g/mol. The van der Waals surface area contributed by atoms with Crippen LogP contribution in [0, 0.1) is 11.3 Å². The van der Waals surface area contributed by atoms with Crippen molar-refractivity contribution in [3.8, 4) is 6.07 Å². The zero-order valence-electron chi connectivity index (χ0n) is 12.6. The molecule has 2 aromatic heterocycles. The normalized spacial score (nSPS) is 14.9. The molecule has 124 valence electrons. The monoisotopic (exact) mass is 335 g/mol. The highest BCUT2D eigenvalue weighted by atomic mass is 19.4. The largest absolute Gasteiger partial charge is 0.433 e. The Morgan fingerprint density at radius 3 is 2.58 bits per heavy atom. The van der Waals surface area contributed by atoms with Gasteiger partial charge >= 0.3 is 6.18 Å². The van der Waals surface area contributed by atoms with Gasteiger partial charge in [0.2, 0.25) is 5.95 Å². The number of halogens is 3. The van der Waals surface area contributed by atoms with Crippen LogP contribution in [-0.4, -0.2) is 46.1 Å². The predicted octanol–water partition coefficient (Wildman–Crippen LogP) is 1.48. The molecule has 1 saturated heterocycles. The van der Waals surface area contributed by atoms with E-state index in [0.717, 1.165) is 12.3 Å². The maximum absolute atomic E-state index is 12.7. The fourth-order valence-corrected chi connectivity index (χ4v) is 2.35. The Labute approximate surface area is 135 Å². The topological polar surface area (TPSA) is 81.8 Å². The van der Waals surface area contributed by atoms with Gasteiger partial charge in [0.1, 0.15) is 11.8 Å². The third kappa shape index (κ3) is 2.92. The van der Waals surface area contributed by atoms with Crippen LogP contribution in [0.4, 0.5) is 24.9 Å². The zero-order chi connectivity index (χ0) is 17.3. The van der Waals surface area contributed by atoms with Crippen LogP contribution in [0.3, 0.4) is 0 Å².